The summed E-state index contributed by atoms with van der Waals surface area (Å²) in [5.41, 5.74) is 3.76. The Morgan fingerprint density at radius 1 is 1.33 bits per heavy atom. The summed E-state index contributed by atoms with van der Waals surface area (Å²) in [6, 6.07) is 3.72. The SMILES string of the molecule is CCOc1nc2nn(C)cc2cc1NC(=O)N1CCc2c(N3CCNC4(CC4)C3)ccnc21. The molecule has 6 rings (SSSR count). The van der Waals surface area contributed by atoms with Crippen LogP contribution in [0.25, 0.3) is 11.0 Å². The van der Waals surface area contributed by atoms with Gasteiger partial charge in [-0.15, -0.1) is 0 Å². The van der Waals surface area contributed by atoms with E-state index in [0.717, 1.165) is 42.8 Å². The number of fused-ring (bicyclic) bond motifs is 2. The molecule has 0 atom stereocenters. The fraction of sp³-hybridized carbons (Fsp3) is 0.478. The number of urea groups is 1. The summed E-state index contributed by atoms with van der Waals surface area (Å²) < 4.78 is 7.39. The number of nitrogens with zero attached hydrogens (tertiary/aromatic N) is 6. The lowest BCUT2D eigenvalue weighted by molar-refractivity contribution is 0.257. The lowest BCUT2D eigenvalue weighted by atomic mass is 10.1. The van der Waals surface area contributed by atoms with E-state index < -0.39 is 0 Å². The van der Waals surface area contributed by atoms with E-state index in [1.807, 2.05) is 32.4 Å². The molecule has 1 spiro atoms. The molecule has 1 saturated heterocycles. The minimum Gasteiger partial charge on any atom is -0.476 e. The summed E-state index contributed by atoms with van der Waals surface area (Å²) in [5.74, 6) is 1.11. The van der Waals surface area contributed by atoms with Gasteiger partial charge in [-0.25, -0.2) is 9.78 Å². The second-order valence-electron chi connectivity index (χ2n) is 9.08. The van der Waals surface area contributed by atoms with Gasteiger partial charge >= 0.3 is 6.03 Å². The number of ether oxygens (including phenoxy) is 1. The van der Waals surface area contributed by atoms with Crippen LogP contribution in [-0.4, -0.2) is 64.1 Å². The monoisotopic (exact) mass is 448 g/mol. The molecule has 2 aliphatic heterocycles. The van der Waals surface area contributed by atoms with Crippen molar-refractivity contribution in [3.63, 3.8) is 0 Å². The molecule has 0 aromatic carbocycles. The molecule has 2 fully saturated rings. The molecule has 172 valence electrons. The maximum Gasteiger partial charge on any atom is 0.327 e. The molecule has 33 heavy (non-hydrogen) atoms. The van der Waals surface area contributed by atoms with Crippen LogP contribution >= 0.6 is 0 Å². The molecule has 10 nitrogen and oxygen atoms in total. The van der Waals surface area contributed by atoms with Gasteiger partial charge in [0.05, 0.1) is 6.61 Å². The van der Waals surface area contributed by atoms with E-state index in [0.29, 0.717) is 30.4 Å². The number of piperazine rings is 1. The Morgan fingerprint density at radius 3 is 3.03 bits per heavy atom. The van der Waals surface area contributed by atoms with Crippen LogP contribution in [0.4, 0.5) is 22.0 Å². The number of pyridine rings is 2. The van der Waals surface area contributed by atoms with Crippen molar-refractivity contribution >= 4 is 34.3 Å². The van der Waals surface area contributed by atoms with E-state index in [9.17, 15) is 4.79 Å². The Kier molecular flexibility index (Phi) is 4.65. The van der Waals surface area contributed by atoms with Gasteiger partial charge < -0.3 is 20.3 Å². The maximum atomic E-state index is 13.3. The van der Waals surface area contributed by atoms with Crippen LogP contribution in [0, 0.1) is 0 Å². The van der Waals surface area contributed by atoms with Crippen molar-refractivity contribution in [2.24, 2.45) is 7.05 Å². The predicted molar refractivity (Wildman–Crippen MR) is 126 cm³/mol. The van der Waals surface area contributed by atoms with Gasteiger partial charge in [-0.3, -0.25) is 9.58 Å². The van der Waals surface area contributed by atoms with E-state index in [2.05, 4.69) is 36.7 Å². The maximum absolute atomic E-state index is 13.3. The van der Waals surface area contributed by atoms with Crippen LogP contribution < -0.4 is 25.2 Å². The molecule has 1 aliphatic carbocycles. The van der Waals surface area contributed by atoms with Gasteiger partial charge in [-0.2, -0.15) is 10.1 Å². The summed E-state index contributed by atoms with van der Waals surface area (Å²) in [4.78, 5) is 26.6. The number of aromatic nitrogens is 4. The molecule has 0 radical (unpaired) electrons. The number of hydrogen-bond acceptors (Lipinski definition) is 7. The smallest absolute Gasteiger partial charge is 0.327 e. The molecule has 1 saturated carbocycles. The molecule has 2 N–H and O–H groups in total. The third-order valence-corrected chi connectivity index (χ3v) is 6.76. The highest BCUT2D eigenvalue weighted by molar-refractivity contribution is 6.04. The quantitative estimate of drug-likeness (QED) is 0.632. The van der Waals surface area contributed by atoms with Crippen LogP contribution in [0.2, 0.25) is 0 Å². The summed E-state index contributed by atoms with van der Waals surface area (Å²) >= 11 is 0. The second-order valence-corrected chi connectivity index (χ2v) is 9.08. The highest BCUT2D eigenvalue weighted by Gasteiger charge is 2.46. The molecular formula is C23H28N8O2. The Bertz CT molecular complexity index is 1230. The molecule has 10 heteroatoms. The van der Waals surface area contributed by atoms with Crippen LogP contribution in [0.1, 0.15) is 25.3 Å². The largest absolute Gasteiger partial charge is 0.476 e. The van der Waals surface area contributed by atoms with Gasteiger partial charge in [0.15, 0.2) is 5.65 Å². The number of aryl methyl sites for hydroxylation is 1. The normalized spacial score (nSPS) is 18.6. The van der Waals surface area contributed by atoms with Gasteiger partial charge in [0.1, 0.15) is 11.5 Å². The summed E-state index contributed by atoms with van der Waals surface area (Å²) in [7, 11) is 1.84. The first-order valence-corrected chi connectivity index (χ1v) is 11.6. The standard InChI is InChI=1S/C23H28N8O2/c1-3-33-21-17(12-15-13-29(2)28-19(15)27-21)26-22(32)31-10-5-16-18(4-8-24-20(16)31)30-11-9-25-23(14-30)6-7-23/h4,8,12-13,25H,3,5-7,9-11,14H2,1-2H3,(H,26,32). The predicted octanol–water partition coefficient (Wildman–Crippen LogP) is 2.30. The summed E-state index contributed by atoms with van der Waals surface area (Å²) in [5, 5.41) is 11.8. The number of nitrogens with one attached hydrogen (secondary N) is 2. The summed E-state index contributed by atoms with van der Waals surface area (Å²) in [6.45, 7) is 5.90. The van der Waals surface area contributed by atoms with Crippen molar-refractivity contribution in [1.29, 1.82) is 0 Å². The Hall–Kier alpha value is -3.40. The molecule has 3 aromatic rings. The second kappa shape index (κ2) is 7.58. The lowest BCUT2D eigenvalue weighted by Gasteiger charge is -2.36. The minimum atomic E-state index is -0.233. The van der Waals surface area contributed by atoms with E-state index in [4.69, 9.17) is 4.74 Å². The lowest BCUT2D eigenvalue weighted by Crippen LogP contribution is -2.52. The Balaban J connectivity index is 1.27. The average Bonchev–Trinajstić information content (AvgIpc) is 3.23. The van der Waals surface area contributed by atoms with Crippen molar-refractivity contribution < 1.29 is 9.53 Å². The van der Waals surface area contributed by atoms with Crippen molar-refractivity contribution in [2.75, 3.05) is 47.9 Å². The molecule has 0 bridgehead atoms. The minimum absolute atomic E-state index is 0.233. The fourth-order valence-corrected chi connectivity index (χ4v) is 4.99. The molecule has 5 heterocycles. The van der Waals surface area contributed by atoms with Crippen molar-refractivity contribution in [2.45, 2.75) is 31.7 Å². The number of anilines is 3. The zero-order valence-corrected chi connectivity index (χ0v) is 19.0. The summed E-state index contributed by atoms with van der Waals surface area (Å²) in [6.07, 6.45) is 6.95. The van der Waals surface area contributed by atoms with E-state index in [1.165, 1.54) is 18.5 Å². The number of rotatable bonds is 4. The van der Waals surface area contributed by atoms with Crippen molar-refractivity contribution in [3.05, 3.63) is 30.1 Å². The molecular weight excluding hydrogens is 420 g/mol. The molecule has 2 amide bonds. The van der Waals surface area contributed by atoms with E-state index >= 15 is 0 Å². The van der Waals surface area contributed by atoms with Crippen LogP contribution in [0.5, 0.6) is 5.88 Å². The highest BCUT2D eigenvalue weighted by Crippen LogP contribution is 2.41. The Morgan fingerprint density at radius 2 is 2.21 bits per heavy atom. The Labute approximate surface area is 191 Å². The zero-order valence-electron chi connectivity index (χ0n) is 19.0. The first kappa shape index (κ1) is 20.2. The van der Waals surface area contributed by atoms with E-state index in [1.54, 1.807) is 9.58 Å². The number of carbonyl (C=O) groups excluding carboxylic acids is 1. The topological polar surface area (TPSA) is 100 Å². The average molecular weight is 449 g/mol. The molecule has 3 aliphatic rings. The number of carbonyl (C=O) groups is 1. The third kappa shape index (κ3) is 3.54. The van der Waals surface area contributed by atoms with Crippen LogP contribution in [0.3, 0.4) is 0 Å². The molecule has 0 unspecified atom stereocenters. The first-order chi connectivity index (χ1) is 16.0. The van der Waals surface area contributed by atoms with Gasteiger partial charge in [0, 0.05) is 67.8 Å². The van der Waals surface area contributed by atoms with E-state index in [-0.39, 0.29) is 11.6 Å². The fourth-order valence-electron chi connectivity index (χ4n) is 4.99. The highest BCUT2D eigenvalue weighted by atomic mass is 16.5. The molecule has 3 aromatic heterocycles. The van der Waals surface area contributed by atoms with Crippen LogP contribution in [0.15, 0.2) is 24.5 Å². The van der Waals surface area contributed by atoms with Gasteiger partial charge in [0.25, 0.3) is 0 Å². The van der Waals surface area contributed by atoms with Gasteiger partial charge in [-0.05, 0) is 38.3 Å². The van der Waals surface area contributed by atoms with Gasteiger partial charge in [-0.1, -0.05) is 0 Å². The zero-order chi connectivity index (χ0) is 22.6. The van der Waals surface area contributed by atoms with Crippen LogP contribution in [-0.2, 0) is 13.5 Å². The number of amides is 2. The van der Waals surface area contributed by atoms with Crippen molar-refractivity contribution in [3.8, 4) is 5.88 Å². The van der Waals surface area contributed by atoms with Gasteiger partial charge in [0.2, 0.25) is 5.88 Å². The van der Waals surface area contributed by atoms with Crippen molar-refractivity contribution in [1.82, 2.24) is 25.1 Å². The first-order valence-electron chi connectivity index (χ1n) is 11.6. The number of hydrogen-bond donors (Lipinski definition) is 2. The third-order valence-electron chi connectivity index (χ3n) is 6.76.